The van der Waals surface area contributed by atoms with Crippen molar-refractivity contribution >= 4 is 11.6 Å². The standard InChI is InChI=1S/C12H16ClN/c1-2-9-3-4-11(13)7-10(9)8-12(14)5-6-12/h3-4,7H,2,5-6,8,14H2,1H3. The number of halogens is 1. The molecule has 1 fully saturated rings. The lowest BCUT2D eigenvalue weighted by Crippen LogP contribution is -2.25. The van der Waals surface area contributed by atoms with Crippen LogP contribution in [0, 0.1) is 0 Å². The maximum atomic E-state index is 6.11. The number of nitrogens with two attached hydrogens (primary N) is 1. The van der Waals surface area contributed by atoms with Crippen LogP contribution in [0.2, 0.25) is 5.02 Å². The maximum absolute atomic E-state index is 6.11. The quantitative estimate of drug-likeness (QED) is 0.814. The molecule has 1 aliphatic carbocycles. The molecule has 0 aliphatic heterocycles. The molecule has 1 saturated carbocycles. The van der Waals surface area contributed by atoms with Crippen molar-refractivity contribution in [2.24, 2.45) is 5.73 Å². The van der Waals surface area contributed by atoms with Crippen LogP contribution in [-0.4, -0.2) is 5.54 Å². The van der Waals surface area contributed by atoms with Crippen molar-refractivity contribution in [2.45, 2.75) is 38.1 Å². The van der Waals surface area contributed by atoms with Crippen LogP contribution in [0.1, 0.15) is 30.9 Å². The van der Waals surface area contributed by atoms with Crippen molar-refractivity contribution in [3.05, 3.63) is 34.3 Å². The van der Waals surface area contributed by atoms with Gasteiger partial charge in [-0.2, -0.15) is 0 Å². The fraction of sp³-hybridized carbons (Fsp3) is 0.500. The summed E-state index contributed by atoms with van der Waals surface area (Å²) in [6.45, 7) is 2.17. The molecule has 1 aliphatic rings. The summed E-state index contributed by atoms with van der Waals surface area (Å²) in [5, 5.41) is 0.821. The number of benzene rings is 1. The summed E-state index contributed by atoms with van der Waals surface area (Å²) in [6, 6.07) is 6.14. The largest absolute Gasteiger partial charge is 0.325 e. The minimum atomic E-state index is 0.0780. The van der Waals surface area contributed by atoms with Gasteiger partial charge in [0.15, 0.2) is 0 Å². The molecule has 0 amide bonds. The van der Waals surface area contributed by atoms with Gasteiger partial charge in [0.05, 0.1) is 0 Å². The average Bonchev–Trinajstić information content (AvgIpc) is 2.84. The van der Waals surface area contributed by atoms with Crippen LogP contribution in [-0.2, 0) is 12.8 Å². The highest BCUT2D eigenvalue weighted by atomic mass is 35.5. The number of aryl methyl sites for hydroxylation is 1. The van der Waals surface area contributed by atoms with E-state index in [1.807, 2.05) is 6.07 Å². The summed E-state index contributed by atoms with van der Waals surface area (Å²) in [5.74, 6) is 0. The molecule has 0 spiro atoms. The third kappa shape index (κ3) is 2.10. The summed E-state index contributed by atoms with van der Waals surface area (Å²) >= 11 is 5.98. The monoisotopic (exact) mass is 209 g/mol. The molecule has 0 radical (unpaired) electrons. The van der Waals surface area contributed by atoms with Gasteiger partial charge in [0.25, 0.3) is 0 Å². The molecule has 2 N–H and O–H groups in total. The van der Waals surface area contributed by atoms with E-state index in [4.69, 9.17) is 17.3 Å². The predicted octanol–water partition coefficient (Wildman–Crippen LogP) is 2.94. The van der Waals surface area contributed by atoms with Gasteiger partial charge in [0.2, 0.25) is 0 Å². The molecule has 1 nitrogen and oxygen atoms in total. The molecule has 1 aromatic rings. The Morgan fingerprint density at radius 3 is 2.64 bits per heavy atom. The van der Waals surface area contributed by atoms with Crippen molar-refractivity contribution in [3.8, 4) is 0 Å². The Hall–Kier alpha value is -0.530. The third-order valence-corrected chi connectivity index (χ3v) is 3.22. The number of hydrogen-bond acceptors (Lipinski definition) is 1. The second kappa shape index (κ2) is 3.56. The summed E-state index contributed by atoms with van der Waals surface area (Å²) in [5.41, 5.74) is 8.90. The first-order valence-corrected chi connectivity index (χ1v) is 5.57. The molecule has 0 saturated heterocycles. The lowest BCUT2D eigenvalue weighted by atomic mass is 9.98. The molecule has 76 valence electrons. The summed E-state index contributed by atoms with van der Waals surface area (Å²) in [4.78, 5) is 0. The normalized spacial score (nSPS) is 18.2. The van der Waals surface area contributed by atoms with Crippen LogP contribution in [0.5, 0.6) is 0 Å². The SMILES string of the molecule is CCc1ccc(Cl)cc1CC1(N)CC1. The van der Waals surface area contributed by atoms with Crippen molar-refractivity contribution in [1.82, 2.24) is 0 Å². The zero-order chi connectivity index (χ0) is 10.2. The van der Waals surface area contributed by atoms with Gasteiger partial charge in [-0.1, -0.05) is 24.6 Å². The van der Waals surface area contributed by atoms with Gasteiger partial charge in [-0.3, -0.25) is 0 Å². The van der Waals surface area contributed by atoms with E-state index >= 15 is 0 Å². The maximum Gasteiger partial charge on any atom is 0.0408 e. The van der Waals surface area contributed by atoms with Gasteiger partial charge >= 0.3 is 0 Å². The van der Waals surface area contributed by atoms with E-state index in [1.165, 1.54) is 11.1 Å². The van der Waals surface area contributed by atoms with E-state index in [9.17, 15) is 0 Å². The van der Waals surface area contributed by atoms with Gasteiger partial charge in [-0.05, 0) is 48.9 Å². The number of rotatable bonds is 3. The lowest BCUT2D eigenvalue weighted by molar-refractivity contribution is 0.667. The van der Waals surface area contributed by atoms with Gasteiger partial charge in [-0.15, -0.1) is 0 Å². The highest BCUT2D eigenvalue weighted by molar-refractivity contribution is 6.30. The molecular formula is C12H16ClN. The topological polar surface area (TPSA) is 26.0 Å². The summed E-state index contributed by atoms with van der Waals surface area (Å²) in [7, 11) is 0. The van der Waals surface area contributed by atoms with Crippen LogP contribution < -0.4 is 5.73 Å². The van der Waals surface area contributed by atoms with Crippen LogP contribution in [0.3, 0.4) is 0 Å². The molecule has 14 heavy (non-hydrogen) atoms. The average molecular weight is 210 g/mol. The Morgan fingerprint density at radius 1 is 1.36 bits per heavy atom. The van der Waals surface area contributed by atoms with E-state index in [0.717, 1.165) is 30.7 Å². The second-order valence-electron chi connectivity index (χ2n) is 4.31. The smallest absolute Gasteiger partial charge is 0.0408 e. The van der Waals surface area contributed by atoms with Gasteiger partial charge in [0.1, 0.15) is 0 Å². The Balaban J connectivity index is 2.25. The summed E-state index contributed by atoms with van der Waals surface area (Å²) in [6.07, 6.45) is 4.35. The minimum absolute atomic E-state index is 0.0780. The first-order chi connectivity index (χ1) is 6.63. The molecule has 2 heteroatoms. The molecular weight excluding hydrogens is 194 g/mol. The Morgan fingerprint density at radius 2 is 2.07 bits per heavy atom. The van der Waals surface area contributed by atoms with Gasteiger partial charge < -0.3 is 5.73 Å². The van der Waals surface area contributed by atoms with Crippen LogP contribution in [0.15, 0.2) is 18.2 Å². The molecule has 0 unspecified atom stereocenters. The second-order valence-corrected chi connectivity index (χ2v) is 4.74. The molecule has 2 rings (SSSR count). The van der Waals surface area contributed by atoms with E-state index in [-0.39, 0.29) is 5.54 Å². The van der Waals surface area contributed by atoms with Crippen molar-refractivity contribution in [3.63, 3.8) is 0 Å². The first kappa shape index (κ1) is 10.0. The van der Waals surface area contributed by atoms with Crippen molar-refractivity contribution in [1.29, 1.82) is 0 Å². The third-order valence-electron chi connectivity index (χ3n) is 2.98. The van der Waals surface area contributed by atoms with Crippen molar-refractivity contribution < 1.29 is 0 Å². The zero-order valence-electron chi connectivity index (χ0n) is 8.52. The van der Waals surface area contributed by atoms with Crippen LogP contribution in [0.4, 0.5) is 0 Å². The molecule has 1 aromatic carbocycles. The van der Waals surface area contributed by atoms with E-state index in [1.54, 1.807) is 0 Å². The Labute approximate surface area is 90.3 Å². The molecule has 0 bridgehead atoms. The van der Waals surface area contributed by atoms with Crippen LogP contribution in [0.25, 0.3) is 0 Å². The highest BCUT2D eigenvalue weighted by Crippen LogP contribution is 2.36. The van der Waals surface area contributed by atoms with E-state index in [0.29, 0.717) is 0 Å². The molecule has 0 atom stereocenters. The summed E-state index contributed by atoms with van der Waals surface area (Å²) < 4.78 is 0. The van der Waals surface area contributed by atoms with Crippen LogP contribution >= 0.6 is 11.6 Å². The predicted molar refractivity (Wildman–Crippen MR) is 60.7 cm³/mol. The highest BCUT2D eigenvalue weighted by Gasteiger charge is 2.38. The van der Waals surface area contributed by atoms with Crippen molar-refractivity contribution in [2.75, 3.05) is 0 Å². The fourth-order valence-corrected chi connectivity index (χ4v) is 2.02. The van der Waals surface area contributed by atoms with E-state index < -0.39 is 0 Å². The Bertz CT molecular complexity index is 342. The molecule has 0 aromatic heterocycles. The lowest BCUT2D eigenvalue weighted by Gasteiger charge is -2.12. The van der Waals surface area contributed by atoms with E-state index in [2.05, 4.69) is 19.1 Å². The number of hydrogen-bond donors (Lipinski definition) is 1. The zero-order valence-corrected chi connectivity index (χ0v) is 9.27. The fourth-order valence-electron chi connectivity index (χ4n) is 1.82. The Kier molecular flexibility index (Phi) is 2.54. The first-order valence-electron chi connectivity index (χ1n) is 5.19. The van der Waals surface area contributed by atoms with Gasteiger partial charge in [0, 0.05) is 10.6 Å². The van der Waals surface area contributed by atoms with Gasteiger partial charge in [-0.25, -0.2) is 0 Å². The molecule has 0 heterocycles. The minimum Gasteiger partial charge on any atom is -0.325 e.